The number of halogens is 2. The molecule has 0 aliphatic heterocycles. The number of rotatable bonds is 9. The largest absolute Gasteiger partial charge is 0.464 e. The van der Waals surface area contributed by atoms with Crippen molar-refractivity contribution >= 4 is 40.5 Å². The van der Waals surface area contributed by atoms with E-state index >= 15 is 0 Å². The SMILES string of the molecule is CCCc1nccn1CCOC(=O)Cc1ccccc1Nc1c(Cl)cccc1Cl. The van der Waals surface area contributed by atoms with E-state index in [9.17, 15) is 4.79 Å². The second kappa shape index (κ2) is 10.3. The molecule has 0 atom stereocenters. The third kappa shape index (κ3) is 5.75. The lowest BCUT2D eigenvalue weighted by atomic mass is 10.1. The molecule has 1 aromatic heterocycles. The lowest BCUT2D eigenvalue weighted by Crippen LogP contribution is -2.15. The summed E-state index contributed by atoms with van der Waals surface area (Å²) in [6.45, 7) is 3.01. The number of nitrogens with one attached hydrogen (secondary N) is 1. The molecule has 2 aromatic carbocycles. The molecule has 0 amide bonds. The fourth-order valence-electron chi connectivity index (χ4n) is 3.01. The highest BCUT2D eigenvalue weighted by Crippen LogP contribution is 2.33. The number of anilines is 2. The van der Waals surface area contributed by atoms with Crippen LogP contribution in [0.4, 0.5) is 11.4 Å². The van der Waals surface area contributed by atoms with Gasteiger partial charge in [0.2, 0.25) is 0 Å². The van der Waals surface area contributed by atoms with Crippen LogP contribution in [0.1, 0.15) is 24.7 Å². The maximum atomic E-state index is 12.4. The molecule has 0 spiro atoms. The van der Waals surface area contributed by atoms with Crippen LogP contribution >= 0.6 is 23.2 Å². The number of para-hydroxylation sites is 2. The molecule has 5 nitrogen and oxygen atoms in total. The van der Waals surface area contributed by atoms with Crippen LogP contribution in [0.5, 0.6) is 0 Å². The monoisotopic (exact) mass is 431 g/mol. The van der Waals surface area contributed by atoms with Crippen LogP contribution in [-0.4, -0.2) is 22.1 Å². The molecule has 0 aliphatic carbocycles. The fourth-order valence-corrected chi connectivity index (χ4v) is 3.50. The van der Waals surface area contributed by atoms with Crippen LogP contribution in [0.25, 0.3) is 0 Å². The number of imidazole rings is 1. The number of hydrogen-bond acceptors (Lipinski definition) is 4. The molecule has 0 aliphatic rings. The number of carbonyl (C=O) groups is 1. The fraction of sp³-hybridized carbons (Fsp3) is 0.273. The normalized spacial score (nSPS) is 10.7. The molecule has 0 radical (unpaired) electrons. The molecule has 3 rings (SSSR count). The summed E-state index contributed by atoms with van der Waals surface area (Å²) in [5.74, 6) is 0.719. The Hall–Kier alpha value is -2.50. The first-order chi connectivity index (χ1) is 14.1. The molecule has 1 N–H and O–H groups in total. The van der Waals surface area contributed by atoms with Crippen molar-refractivity contribution in [3.8, 4) is 0 Å². The van der Waals surface area contributed by atoms with Gasteiger partial charge in [-0.15, -0.1) is 0 Å². The lowest BCUT2D eigenvalue weighted by molar-refractivity contribution is -0.143. The molecule has 0 saturated carbocycles. The van der Waals surface area contributed by atoms with E-state index in [4.69, 9.17) is 27.9 Å². The number of nitrogens with zero attached hydrogens (tertiary/aromatic N) is 2. The number of ether oxygens (including phenoxy) is 1. The summed E-state index contributed by atoms with van der Waals surface area (Å²) < 4.78 is 7.46. The molecule has 3 aromatic rings. The predicted octanol–water partition coefficient (Wildman–Crippen LogP) is 5.67. The van der Waals surface area contributed by atoms with E-state index in [-0.39, 0.29) is 12.4 Å². The van der Waals surface area contributed by atoms with E-state index in [2.05, 4.69) is 17.2 Å². The van der Waals surface area contributed by atoms with Crippen LogP contribution in [0.15, 0.2) is 54.9 Å². The van der Waals surface area contributed by atoms with Gasteiger partial charge in [-0.3, -0.25) is 4.79 Å². The Morgan fingerprint density at radius 2 is 1.90 bits per heavy atom. The van der Waals surface area contributed by atoms with Gasteiger partial charge in [-0.05, 0) is 30.2 Å². The summed E-state index contributed by atoms with van der Waals surface area (Å²) in [7, 11) is 0. The first-order valence-electron chi connectivity index (χ1n) is 9.53. The van der Waals surface area contributed by atoms with Crippen molar-refractivity contribution in [3.63, 3.8) is 0 Å². The zero-order valence-corrected chi connectivity index (χ0v) is 17.7. The summed E-state index contributed by atoms with van der Waals surface area (Å²) in [5, 5.41) is 4.25. The summed E-state index contributed by atoms with van der Waals surface area (Å²) in [4.78, 5) is 16.7. The van der Waals surface area contributed by atoms with Gasteiger partial charge < -0.3 is 14.6 Å². The average molecular weight is 432 g/mol. The molecule has 29 heavy (non-hydrogen) atoms. The number of carbonyl (C=O) groups excluding carboxylic acids is 1. The van der Waals surface area contributed by atoms with Crippen LogP contribution in [0.3, 0.4) is 0 Å². The van der Waals surface area contributed by atoms with Crippen molar-refractivity contribution in [2.24, 2.45) is 0 Å². The Bertz CT molecular complexity index is 952. The van der Waals surface area contributed by atoms with Crippen LogP contribution < -0.4 is 5.32 Å². The van der Waals surface area contributed by atoms with Crippen LogP contribution in [0.2, 0.25) is 10.0 Å². The highest BCUT2D eigenvalue weighted by atomic mass is 35.5. The zero-order chi connectivity index (χ0) is 20.6. The Morgan fingerprint density at radius 1 is 1.14 bits per heavy atom. The van der Waals surface area contributed by atoms with Gasteiger partial charge in [0.1, 0.15) is 12.4 Å². The third-order valence-corrected chi connectivity index (χ3v) is 5.08. The van der Waals surface area contributed by atoms with Gasteiger partial charge in [-0.2, -0.15) is 0 Å². The van der Waals surface area contributed by atoms with Crippen LogP contribution in [-0.2, 0) is 28.9 Å². The Kier molecular flexibility index (Phi) is 7.55. The molecular weight excluding hydrogens is 409 g/mol. The maximum absolute atomic E-state index is 12.4. The smallest absolute Gasteiger partial charge is 0.310 e. The van der Waals surface area contributed by atoms with E-state index in [1.54, 1.807) is 24.4 Å². The van der Waals surface area contributed by atoms with Gasteiger partial charge >= 0.3 is 5.97 Å². The Labute approximate surface area is 180 Å². The minimum Gasteiger partial charge on any atom is -0.464 e. The quantitative estimate of drug-likeness (QED) is 0.443. The van der Waals surface area contributed by atoms with Gasteiger partial charge in [0.05, 0.1) is 28.7 Å². The zero-order valence-electron chi connectivity index (χ0n) is 16.2. The molecule has 0 bridgehead atoms. The van der Waals surface area contributed by atoms with Gasteiger partial charge in [0.25, 0.3) is 0 Å². The van der Waals surface area contributed by atoms with E-state index < -0.39 is 0 Å². The summed E-state index contributed by atoms with van der Waals surface area (Å²) >= 11 is 12.5. The predicted molar refractivity (Wildman–Crippen MR) is 117 cm³/mol. The first kappa shape index (κ1) is 21.2. The molecule has 152 valence electrons. The number of aryl methyl sites for hydroxylation is 1. The van der Waals surface area contributed by atoms with Crippen molar-refractivity contribution in [2.45, 2.75) is 32.7 Å². The van der Waals surface area contributed by atoms with Crippen LogP contribution in [0, 0.1) is 0 Å². The highest BCUT2D eigenvalue weighted by Gasteiger charge is 2.12. The molecule has 0 fully saturated rings. The number of hydrogen-bond donors (Lipinski definition) is 1. The first-order valence-corrected chi connectivity index (χ1v) is 10.3. The van der Waals surface area contributed by atoms with E-state index in [1.807, 2.05) is 35.0 Å². The second-order valence-electron chi connectivity index (χ2n) is 6.56. The Morgan fingerprint density at radius 3 is 2.66 bits per heavy atom. The van der Waals surface area contributed by atoms with Gasteiger partial charge in [0, 0.05) is 24.5 Å². The minimum absolute atomic E-state index is 0.150. The number of benzene rings is 2. The average Bonchev–Trinajstić information content (AvgIpc) is 3.13. The molecule has 0 saturated heterocycles. The van der Waals surface area contributed by atoms with Crippen molar-refractivity contribution in [3.05, 3.63) is 76.3 Å². The van der Waals surface area contributed by atoms with Crippen molar-refractivity contribution in [1.82, 2.24) is 9.55 Å². The second-order valence-corrected chi connectivity index (χ2v) is 7.38. The van der Waals surface area contributed by atoms with E-state index in [0.717, 1.165) is 29.9 Å². The topological polar surface area (TPSA) is 56.2 Å². The van der Waals surface area contributed by atoms with Gasteiger partial charge in [-0.1, -0.05) is 54.4 Å². The third-order valence-electron chi connectivity index (χ3n) is 4.45. The molecular formula is C22H23Cl2N3O2. The number of aromatic nitrogens is 2. The van der Waals surface area contributed by atoms with E-state index in [0.29, 0.717) is 28.9 Å². The van der Waals surface area contributed by atoms with E-state index in [1.165, 1.54) is 0 Å². The summed E-state index contributed by atoms with van der Waals surface area (Å²) in [6.07, 6.45) is 5.76. The molecule has 0 unspecified atom stereocenters. The summed E-state index contributed by atoms with van der Waals surface area (Å²) in [5.41, 5.74) is 2.18. The summed E-state index contributed by atoms with van der Waals surface area (Å²) in [6, 6.07) is 12.8. The van der Waals surface area contributed by atoms with Crippen molar-refractivity contribution < 1.29 is 9.53 Å². The Balaban J connectivity index is 1.60. The lowest BCUT2D eigenvalue weighted by Gasteiger charge is -2.14. The van der Waals surface area contributed by atoms with Crippen molar-refractivity contribution in [2.75, 3.05) is 11.9 Å². The van der Waals surface area contributed by atoms with Gasteiger partial charge in [0.15, 0.2) is 0 Å². The minimum atomic E-state index is -0.290. The van der Waals surface area contributed by atoms with Crippen molar-refractivity contribution in [1.29, 1.82) is 0 Å². The number of esters is 1. The highest BCUT2D eigenvalue weighted by molar-refractivity contribution is 6.39. The molecule has 1 heterocycles. The van der Waals surface area contributed by atoms with Gasteiger partial charge in [-0.25, -0.2) is 4.98 Å². The molecule has 7 heteroatoms. The standard InChI is InChI=1S/C22H23Cl2N3O2/c1-2-6-20-25-11-12-27(20)13-14-29-21(28)15-16-7-3-4-10-19(16)26-22-17(23)8-5-9-18(22)24/h3-5,7-12,26H,2,6,13-15H2,1H3. The maximum Gasteiger partial charge on any atom is 0.310 e.